The molecule has 5 atom stereocenters. The summed E-state index contributed by atoms with van der Waals surface area (Å²) in [4.78, 5) is 16.7. The summed E-state index contributed by atoms with van der Waals surface area (Å²) in [6, 6.07) is 15.7. The van der Waals surface area contributed by atoms with Crippen molar-refractivity contribution in [2.45, 2.75) is 93.2 Å². The molecule has 49 heavy (non-hydrogen) atoms. The van der Waals surface area contributed by atoms with Crippen molar-refractivity contribution in [2.75, 3.05) is 26.3 Å². The highest BCUT2D eigenvalue weighted by molar-refractivity contribution is 6.31. The smallest absolute Gasteiger partial charge is 0.314 e. The molecular formula is C37H48ClN3O8. The summed E-state index contributed by atoms with van der Waals surface area (Å²) < 4.78 is 6.26. The van der Waals surface area contributed by atoms with Gasteiger partial charge in [0.25, 0.3) is 0 Å². The van der Waals surface area contributed by atoms with Gasteiger partial charge in [0.15, 0.2) is 0 Å². The van der Waals surface area contributed by atoms with E-state index in [0.29, 0.717) is 30.5 Å². The van der Waals surface area contributed by atoms with Gasteiger partial charge in [0.05, 0.1) is 18.8 Å². The van der Waals surface area contributed by atoms with E-state index in [4.69, 9.17) is 21.4 Å². The lowest BCUT2D eigenvalue weighted by Gasteiger charge is -2.25. The number of amides is 2. The Labute approximate surface area is 291 Å². The van der Waals surface area contributed by atoms with Crippen molar-refractivity contribution in [3.8, 4) is 16.9 Å². The van der Waals surface area contributed by atoms with Crippen LogP contribution < -0.4 is 15.4 Å². The predicted octanol–water partition coefficient (Wildman–Crippen LogP) is 3.20. The van der Waals surface area contributed by atoms with Gasteiger partial charge in [-0.25, -0.2) is 4.79 Å². The molecule has 2 aliphatic carbocycles. The number of aliphatic hydroxyl groups is 6. The maximum atomic E-state index is 12.2. The molecule has 2 aliphatic rings. The van der Waals surface area contributed by atoms with Crippen LogP contribution in [0.15, 0.2) is 60.9 Å². The molecule has 1 heterocycles. The summed E-state index contributed by atoms with van der Waals surface area (Å²) in [5.74, 6) is 0.765. The molecule has 2 fully saturated rings. The van der Waals surface area contributed by atoms with Crippen LogP contribution in [0.1, 0.15) is 67.6 Å². The van der Waals surface area contributed by atoms with Crippen LogP contribution in [0.2, 0.25) is 5.02 Å². The highest BCUT2D eigenvalue weighted by Crippen LogP contribution is 2.55. The highest BCUT2D eigenvalue weighted by Gasteiger charge is 2.45. The molecule has 12 heteroatoms. The first kappa shape index (κ1) is 37.0. The van der Waals surface area contributed by atoms with Crippen molar-refractivity contribution >= 4 is 17.6 Å². The largest absolute Gasteiger partial charge is 0.490 e. The van der Waals surface area contributed by atoms with E-state index >= 15 is 0 Å². The molecule has 0 saturated heterocycles. The number of urea groups is 1. The average Bonchev–Trinajstić information content (AvgIpc) is 4.07. The summed E-state index contributed by atoms with van der Waals surface area (Å²) >= 11 is 6.70. The molecule has 3 aromatic rings. The number of rotatable bonds is 19. The summed E-state index contributed by atoms with van der Waals surface area (Å²) in [5, 5.41) is 63.9. The minimum Gasteiger partial charge on any atom is -0.490 e. The van der Waals surface area contributed by atoms with Crippen LogP contribution in [0, 0.1) is 0 Å². The van der Waals surface area contributed by atoms with Gasteiger partial charge in [-0.2, -0.15) is 0 Å². The van der Waals surface area contributed by atoms with Gasteiger partial charge in [0.2, 0.25) is 0 Å². The number of halogens is 1. The first-order valence-electron chi connectivity index (χ1n) is 17.1. The number of pyridine rings is 1. The third kappa shape index (κ3) is 9.70. The molecule has 2 amide bonds. The second kappa shape index (κ2) is 17.1. The minimum absolute atomic E-state index is 0.00681. The fourth-order valence-corrected chi connectivity index (χ4v) is 6.50. The number of ether oxygens (including phenoxy) is 1. The maximum Gasteiger partial charge on any atom is 0.314 e. The number of nitrogens with zero attached hydrogens (tertiary/aromatic N) is 1. The van der Waals surface area contributed by atoms with E-state index in [-0.39, 0.29) is 24.5 Å². The lowest BCUT2D eigenvalue weighted by molar-refractivity contribution is -0.113. The number of hydrogen-bond acceptors (Lipinski definition) is 9. The molecule has 0 aliphatic heterocycles. The molecule has 2 saturated carbocycles. The van der Waals surface area contributed by atoms with Crippen LogP contribution in [-0.4, -0.2) is 98.5 Å². The number of aromatic nitrogens is 1. The standard InChI is InChI=1S/C37H48ClN3O8/c38-30-10-7-23(25(21-42)4-3-16-40-36(48)41-20-31(44)34(46)35(47)32(45)22-43)18-24(30)11-13-37(14-15-37)29-19-39-17-12-27(29)28-5-1-2-6-33(28)49-26-8-9-26/h1-2,5-7,10,12,17-19,25-26,31-32,34-35,42-47H,3-4,8-9,11,13-16,20-22H2,(H2,40,41,48)/t25?,31-,32+,34+,35+/m0/s1. The van der Waals surface area contributed by atoms with Crippen LogP contribution in [0.25, 0.3) is 11.1 Å². The topological polar surface area (TPSA) is 185 Å². The molecule has 8 N–H and O–H groups in total. The Morgan fingerprint density at radius 1 is 0.959 bits per heavy atom. The number of hydrogen-bond donors (Lipinski definition) is 8. The number of carbonyl (C=O) groups excluding carboxylic acids is 1. The zero-order valence-electron chi connectivity index (χ0n) is 27.5. The first-order chi connectivity index (χ1) is 23.7. The number of nitrogens with one attached hydrogen (secondary N) is 2. The second-order valence-corrected chi connectivity index (χ2v) is 13.7. The number of carbonyl (C=O) groups is 1. The van der Waals surface area contributed by atoms with Crippen molar-refractivity contribution in [3.05, 3.63) is 82.6 Å². The lowest BCUT2D eigenvalue weighted by atomic mass is 9.84. The van der Waals surface area contributed by atoms with Gasteiger partial charge in [0, 0.05) is 48.6 Å². The van der Waals surface area contributed by atoms with Gasteiger partial charge in [-0.1, -0.05) is 41.9 Å². The summed E-state index contributed by atoms with van der Waals surface area (Å²) in [7, 11) is 0. The van der Waals surface area contributed by atoms with Gasteiger partial charge in [-0.05, 0) is 97.2 Å². The molecular weight excluding hydrogens is 650 g/mol. The van der Waals surface area contributed by atoms with Gasteiger partial charge in [-0.3, -0.25) is 4.98 Å². The predicted molar refractivity (Wildman–Crippen MR) is 186 cm³/mol. The molecule has 5 rings (SSSR count). The van der Waals surface area contributed by atoms with E-state index in [0.717, 1.165) is 66.5 Å². The van der Waals surface area contributed by atoms with Crippen molar-refractivity contribution in [1.29, 1.82) is 0 Å². The van der Waals surface area contributed by atoms with Gasteiger partial charge < -0.3 is 46.0 Å². The third-order valence-corrected chi connectivity index (χ3v) is 10.1. The first-order valence-corrected chi connectivity index (χ1v) is 17.5. The Hall–Kier alpha value is -3.29. The van der Waals surface area contributed by atoms with Crippen molar-refractivity contribution in [2.24, 2.45) is 0 Å². The van der Waals surface area contributed by atoms with E-state index in [2.05, 4.69) is 33.8 Å². The fourth-order valence-electron chi connectivity index (χ4n) is 6.29. The average molecular weight is 698 g/mol. The van der Waals surface area contributed by atoms with Crippen LogP contribution in [0.3, 0.4) is 0 Å². The van der Waals surface area contributed by atoms with Crippen LogP contribution >= 0.6 is 11.6 Å². The van der Waals surface area contributed by atoms with E-state index in [1.807, 2.05) is 42.7 Å². The maximum absolute atomic E-state index is 12.2. The second-order valence-electron chi connectivity index (χ2n) is 13.3. The van der Waals surface area contributed by atoms with Crippen LogP contribution in [-0.2, 0) is 11.8 Å². The Balaban J connectivity index is 1.14. The Morgan fingerprint density at radius 2 is 1.71 bits per heavy atom. The molecule has 2 aromatic carbocycles. The molecule has 1 aromatic heterocycles. The number of para-hydroxylation sites is 1. The van der Waals surface area contributed by atoms with Crippen LogP contribution in [0.5, 0.6) is 5.75 Å². The number of aryl methyl sites for hydroxylation is 1. The molecule has 266 valence electrons. The third-order valence-electron chi connectivity index (χ3n) is 9.69. The molecule has 1 unspecified atom stereocenters. The van der Waals surface area contributed by atoms with E-state index in [1.165, 1.54) is 5.56 Å². The molecule has 0 bridgehead atoms. The SMILES string of the molecule is O=C(NCCCC(CO)c1ccc(Cl)c(CCC2(c3cnccc3-c3ccccc3OC3CC3)CC2)c1)NC[C@H](O)[C@@H](O)[C@H](O)[C@H](O)CO. The summed E-state index contributed by atoms with van der Waals surface area (Å²) in [6.07, 6.45) is 4.66. The lowest BCUT2D eigenvalue weighted by Crippen LogP contribution is -2.50. The highest BCUT2D eigenvalue weighted by atomic mass is 35.5. The van der Waals surface area contributed by atoms with Crippen molar-refractivity contribution in [3.63, 3.8) is 0 Å². The van der Waals surface area contributed by atoms with E-state index < -0.39 is 37.1 Å². The van der Waals surface area contributed by atoms with Crippen LogP contribution in [0.4, 0.5) is 4.79 Å². The Bertz CT molecular complexity index is 1530. The number of aliphatic hydroxyl groups excluding tert-OH is 6. The zero-order valence-corrected chi connectivity index (χ0v) is 28.3. The molecule has 0 radical (unpaired) electrons. The molecule has 0 spiro atoms. The van der Waals surface area contributed by atoms with Gasteiger partial charge >= 0.3 is 6.03 Å². The zero-order chi connectivity index (χ0) is 35.0. The Kier molecular flexibility index (Phi) is 12.9. The van der Waals surface area contributed by atoms with Crippen molar-refractivity contribution in [1.82, 2.24) is 15.6 Å². The monoisotopic (exact) mass is 697 g/mol. The quantitative estimate of drug-likeness (QED) is 0.0872. The van der Waals surface area contributed by atoms with E-state index in [1.54, 1.807) is 0 Å². The van der Waals surface area contributed by atoms with E-state index in [9.17, 15) is 30.3 Å². The fraction of sp³-hybridized carbons (Fsp3) is 0.514. The van der Waals surface area contributed by atoms with Gasteiger partial charge in [0.1, 0.15) is 24.1 Å². The Morgan fingerprint density at radius 3 is 2.43 bits per heavy atom. The minimum atomic E-state index is -1.77. The van der Waals surface area contributed by atoms with Crippen molar-refractivity contribution < 1.29 is 40.2 Å². The summed E-state index contributed by atoms with van der Waals surface area (Å²) in [6.45, 7) is -0.922. The normalized spacial score (nSPS) is 18.2. The summed E-state index contributed by atoms with van der Waals surface area (Å²) in [5.41, 5.74) is 5.51. The molecule has 11 nitrogen and oxygen atoms in total. The number of benzene rings is 2. The van der Waals surface area contributed by atoms with Gasteiger partial charge in [-0.15, -0.1) is 0 Å².